The van der Waals surface area contributed by atoms with Crippen molar-refractivity contribution in [3.8, 4) is 0 Å². The van der Waals surface area contributed by atoms with E-state index in [0.717, 1.165) is 5.56 Å². The Morgan fingerprint density at radius 1 is 0.939 bits per heavy atom. The van der Waals surface area contributed by atoms with Gasteiger partial charge in [-0.3, -0.25) is 4.79 Å². The summed E-state index contributed by atoms with van der Waals surface area (Å²) >= 11 is 0. The third-order valence-corrected chi connectivity index (χ3v) is 11.6. The number of aliphatic hydroxyl groups is 4. The molecule has 0 aromatic heterocycles. The molecule has 12 heteroatoms. The third-order valence-electron chi connectivity index (χ3n) is 11.6. The zero-order valence-corrected chi connectivity index (χ0v) is 28.2. The summed E-state index contributed by atoms with van der Waals surface area (Å²) in [5.41, 5.74) is -5.52. The van der Waals surface area contributed by atoms with Crippen molar-refractivity contribution in [1.29, 1.82) is 0 Å². The molecule has 3 aliphatic carbocycles. The number of aliphatic hydroxyl groups excluding tert-OH is 3. The van der Waals surface area contributed by atoms with E-state index in [-0.39, 0.29) is 37.2 Å². The van der Waals surface area contributed by atoms with E-state index in [4.69, 9.17) is 23.7 Å². The number of carbonyl (C=O) groups excluding carboxylic acids is 3. The van der Waals surface area contributed by atoms with Crippen molar-refractivity contribution in [2.75, 3.05) is 6.61 Å². The minimum absolute atomic E-state index is 0.0672. The van der Waals surface area contributed by atoms with Gasteiger partial charge in [-0.2, -0.15) is 0 Å². The summed E-state index contributed by atoms with van der Waals surface area (Å²) < 4.78 is 29.3. The molecule has 0 spiro atoms. The topological polar surface area (TPSA) is 178 Å². The number of rotatable bonds is 6. The molecule has 2 bridgehead atoms. The van der Waals surface area contributed by atoms with E-state index in [1.54, 1.807) is 63.2 Å². The van der Waals surface area contributed by atoms with Crippen molar-refractivity contribution in [2.45, 2.75) is 102 Å². The van der Waals surface area contributed by atoms with Gasteiger partial charge in [-0.05, 0) is 35.8 Å². The monoisotopic (exact) mass is 680 g/mol. The highest BCUT2D eigenvalue weighted by atomic mass is 16.7. The van der Waals surface area contributed by atoms with Crippen molar-refractivity contribution < 1.29 is 58.5 Å². The van der Waals surface area contributed by atoms with E-state index in [1.807, 2.05) is 6.07 Å². The largest absolute Gasteiger partial charge is 0.509 e. The summed E-state index contributed by atoms with van der Waals surface area (Å²) in [5.74, 6) is -2.83. The molecule has 2 aromatic rings. The molecule has 4 unspecified atom stereocenters. The van der Waals surface area contributed by atoms with Crippen LogP contribution in [0.15, 0.2) is 71.8 Å². The fraction of sp³-hybridized carbons (Fsp3) is 0.541. The summed E-state index contributed by atoms with van der Waals surface area (Å²) in [4.78, 5) is 39.8. The first-order chi connectivity index (χ1) is 23.1. The lowest BCUT2D eigenvalue weighted by molar-refractivity contribution is -0.365. The maximum absolute atomic E-state index is 13.9. The molecule has 2 aromatic carbocycles. The Balaban J connectivity index is 1.51. The van der Waals surface area contributed by atoms with Gasteiger partial charge in [-0.1, -0.05) is 69.3 Å². The van der Waals surface area contributed by atoms with Gasteiger partial charge in [0.15, 0.2) is 5.60 Å². The molecule has 1 saturated heterocycles. The van der Waals surface area contributed by atoms with Gasteiger partial charge < -0.3 is 44.1 Å². The average molecular weight is 681 g/mol. The van der Waals surface area contributed by atoms with E-state index in [1.165, 1.54) is 26.0 Å². The quantitative estimate of drug-likeness (QED) is 0.199. The molecular formula is C37H44O12. The van der Waals surface area contributed by atoms with Crippen molar-refractivity contribution in [3.63, 3.8) is 0 Å². The van der Waals surface area contributed by atoms with Crippen molar-refractivity contribution in [2.24, 2.45) is 16.7 Å². The van der Waals surface area contributed by atoms with Crippen LogP contribution in [0.5, 0.6) is 0 Å². The Bertz CT molecular complexity index is 1620. The number of ether oxygens (including phenoxy) is 5. The first kappa shape index (κ1) is 35.0. The van der Waals surface area contributed by atoms with Crippen molar-refractivity contribution >= 4 is 18.1 Å². The highest BCUT2D eigenvalue weighted by Crippen LogP contribution is 2.65. The summed E-state index contributed by atoms with van der Waals surface area (Å²) in [7, 11) is 0. The summed E-state index contributed by atoms with van der Waals surface area (Å²) in [6, 6.07) is 17.1. The molecule has 4 N–H and O–H groups in total. The molecule has 1 heterocycles. The molecule has 6 rings (SSSR count). The minimum atomic E-state index is -2.16. The zero-order valence-electron chi connectivity index (χ0n) is 28.2. The first-order valence-corrected chi connectivity index (χ1v) is 16.5. The van der Waals surface area contributed by atoms with Crippen LogP contribution in [0.1, 0.15) is 63.4 Å². The van der Waals surface area contributed by atoms with Crippen LogP contribution < -0.4 is 0 Å². The summed E-state index contributed by atoms with van der Waals surface area (Å²) in [6.07, 6.45) is -9.94. The standard InChI is InChI=1S/C37H44O12/c1-20-24(47-33(43)45-18-22-12-8-6-9-13-22)17-37(44)31(48-32(42)23-14-10-7-11-15-23)29-35(5,30(41)28(40)27(20)34(37,3)4)25(39)16-26-36(29,19-46-26)49-21(2)38/h6-15,24-26,28-31,39-41,44H,16-19H2,1-5H3/t24?,25-,26+,28+,29?,30+,31?,35+,36?,37+/m0/s1. The van der Waals surface area contributed by atoms with Gasteiger partial charge in [0.25, 0.3) is 0 Å². The fourth-order valence-corrected chi connectivity index (χ4v) is 8.86. The van der Waals surface area contributed by atoms with E-state index < -0.39 is 82.7 Å². The molecule has 12 nitrogen and oxygen atoms in total. The lowest BCUT2D eigenvalue weighted by atomic mass is 9.44. The number of hydrogen-bond acceptors (Lipinski definition) is 12. The average Bonchev–Trinajstić information content (AvgIpc) is 3.06. The van der Waals surface area contributed by atoms with E-state index in [0.29, 0.717) is 5.57 Å². The predicted molar refractivity (Wildman–Crippen MR) is 172 cm³/mol. The molecule has 10 atom stereocenters. The second-order valence-corrected chi connectivity index (χ2v) is 14.5. The number of benzene rings is 2. The Labute approximate surface area is 284 Å². The number of esters is 2. The maximum Gasteiger partial charge on any atom is 0.509 e. The van der Waals surface area contributed by atoms with Crippen LogP contribution in [-0.2, 0) is 35.1 Å². The Kier molecular flexibility index (Phi) is 8.94. The van der Waals surface area contributed by atoms with Gasteiger partial charge in [0.05, 0.1) is 30.3 Å². The van der Waals surface area contributed by atoms with Crippen molar-refractivity contribution in [1.82, 2.24) is 0 Å². The van der Waals surface area contributed by atoms with Crippen LogP contribution >= 0.6 is 0 Å². The molecule has 0 radical (unpaired) electrons. The second kappa shape index (κ2) is 12.5. The Morgan fingerprint density at radius 3 is 2.16 bits per heavy atom. The van der Waals surface area contributed by atoms with Crippen LogP contribution in [0.4, 0.5) is 4.79 Å². The molecule has 49 heavy (non-hydrogen) atoms. The lowest BCUT2D eigenvalue weighted by Crippen LogP contribution is -2.82. The van der Waals surface area contributed by atoms with E-state index in [9.17, 15) is 34.8 Å². The number of hydrogen-bond donors (Lipinski definition) is 4. The van der Waals surface area contributed by atoms with Gasteiger partial charge in [0.2, 0.25) is 0 Å². The van der Waals surface area contributed by atoms with Crippen LogP contribution in [0.25, 0.3) is 0 Å². The normalized spacial score (nSPS) is 37.6. The van der Waals surface area contributed by atoms with Crippen LogP contribution in [0.3, 0.4) is 0 Å². The second-order valence-electron chi connectivity index (χ2n) is 14.5. The highest BCUT2D eigenvalue weighted by Gasteiger charge is 2.77. The summed E-state index contributed by atoms with van der Waals surface area (Å²) in [6.45, 7) is 7.38. The van der Waals surface area contributed by atoms with Gasteiger partial charge in [0, 0.05) is 30.6 Å². The maximum atomic E-state index is 13.9. The van der Waals surface area contributed by atoms with Gasteiger partial charge in [-0.25, -0.2) is 9.59 Å². The van der Waals surface area contributed by atoms with Crippen LogP contribution in [-0.4, -0.2) is 93.0 Å². The minimum Gasteiger partial charge on any atom is -0.455 e. The SMILES string of the molecule is CC(=O)OC12CO[C@@H]1C[C@H](O)[C@]1(C)C2C(OC(=O)c2ccccc2)[C@]2(O)CC(OC(=O)OCc3ccccc3)C(C)=C([C@@H](O)[C@H]1O)C2(C)C. The molecular weight excluding hydrogens is 636 g/mol. The zero-order chi connectivity index (χ0) is 35.5. The molecule has 4 aliphatic rings. The van der Waals surface area contributed by atoms with Gasteiger partial charge >= 0.3 is 18.1 Å². The molecule has 3 fully saturated rings. The Morgan fingerprint density at radius 2 is 1.57 bits per heavy atom. The predicted octanol–water partition coefficient (Wildman–Crippen LogP) is 3.23. The number of fused-ring (bicyclic) bond motifs is 5. The lowest BCUT2D eigenvalue weighted by Gasteiger charge is -2.69. The third kappa shape index (κ3) is 5.45. The first-order valence-electron chi connectivity index (χ1n) is 16.5. The van der Waals surface area contributed by atoms with Crippen LogP contribution in [0.2, 0.25) is 0 Å². The van der Waals surface area contributed by atoms with Crippen molar-refractivity contribution in [3.05, 3.63) is 82.9 Å². The van der Waals surface area contributed by atoms with Gasteiger partial charge in [-0.15, -0.1) is 0 Å². The molecule has 0 amide bonds. The fourth-order valence-electron chi connectivity index (χ4n) is 8.86. The smallest absolute Gasteiger partial charge is 0.455 e. The van der Waals surface area contributed by atoms with Gasteiger partial charge in [0.1, 0.15) is 36.6 Å². The molecule has 1 aliphatic heterocycles. The number of carbonyl (C=O) groups is 3. The van der Waals surface area contributed by atoms with E-state index >= 15 is 0 Å². The van der Waals surface area contributed by atoms with Crippen LogP contribution in [0, 0.1) is 16.7 Å². The molecule has 264 valence electrons. The highest BCUT2D eigenvalue weighted by molar-refractivity contribution is 5.89. The summed E-state index contributed by atoms with van der Waals surface area (Å²) in [5, 5.41) is 49.3. The Hall–Kier alpha value is -3.81. The molecule has 2 saturated carbocycles. The van der Waals surface area contributed by atoms with E-state index in [2.05, 4.69) is 0 Å².